The molecule has 0 aliphatic carbocycles. The smallest absolute Gasteiger partial charge is 0.226 e. The van der Waals surface area contributed by atoms with Gasteiger partial charge in [-0.05, 0) is 30.2 Å². The van der Waals surface area contributed by atoms with Crippen LogP contribution in [-0.4, -0.2) is 20.7 Å². The maximum atomic E-state index is 12.4. The molecule has 5 nitrogen and oxygen atoms in total. The van der Waals surface area contributed by atoms with E-state index in [2.05, 4.69) is 24.1 Å². The normalized spacial score (nSPS) is 16.6. The predicted octanol–water partition coefficient (Wildman–Crippen LogP) is 3.86. The molecule has 2 aromatic heterocycles. The molecule has 0 spiro atoms. The Morgan fingerprint density at radius 2 is 1.88 bits per heavy atom. The van der Waals surface area contributed by atoms with Crippen LogP contribution in [0.25, 0.3) is 5.69 Å². The standard InChI is InChI=1S/C20H20N4O/c1-13(2)19-18-15(16-10-6-7-11-21-16)12-17(25)22-20(18)24(23-19)14-8-4-3-5-9-14/h3-11,13,15H,12H2,1-2H3,(H,22,25)/t15-/m0/s1. The van der Waals surface area contributed by atoms with Gasteiger partial charge in [-0.1, -0.05) is 38.1 Å². The number of pyridine rings is 1. The molecule has 0 saturated carbocycles. The molecule has 0 bridgehead atoms. The molecule has 5 heteroatoms. The summed E-state index contributed by atoms with van der Waals surface area (Å²) >= 11 is 0. The van der Waals surface area contributed by atoms with Crippen LogP contribution in [-0.2, 0) is 4.79 Å². The van der Waals surface area contributed by atoms with E-state index >= 15 is 0 Å². The zero-order valence-electron chi connectivity index (χ0n) is 14.3. The number of hydrogen-bond donors (Lipinski definition) is 1. The molecule has 1 atom stereocenters. The highest BCUT2D eigenvalue weighted by Gasteiger charge is 2.35. The Morgan fingerprint density at radius 1 is 1.12 bits per heavy atom. The zero-order chi connectivity index (χ0) is 17.4. The highest BCUT2D eigenvalue weighted by Crippen LogP contribution is 2.41. The van der Waals surface area contributed by atoms with Gasteiger partial charge in [-0.25, -0.2) is 4.68 Å². The van der Waals surface area contributed by atoms with Crippen LogP contribution in [0.15, 0.2) is 54.7 Å². The molecule has 3 aromatic rings. The van der Waals surface area contributed by atoms with E-state index in [-0.39, 0.29) is 17.7 Å². The lowest BCUT2D eigenvalue weighted by atomic mass is 9.86. The molecule has 0 saturated heterocycles. The summed E-state index contributed by atoms with van der Waals surface area (Å²) in [5, 5.41) is 7.88. The summed E-state index contributed by atoms with van der Waals surface area (Å²) in [7, 11) is 0. The van der Waals surface area contributed by atoms with Gasteiger partial charge in [-0.15, -0.1) is 0 Å². The third-order valence-electron chi connectivity index (χ3n) is 4.54. The van der Waals surface area contributed by atoms with Crippen molar-refractivity contribution in [2.24, 2.45) is 0 Å². The molecule has 1 N–H and O–H groups in total. The lowest BCUT2D eigenvalue weighted by Gasteiger charge is -2.24. The van der Waals surface area contributed by atoms with E-state index in [1.54, 1.807) is 6.20 Å². The maximum Gasteiger partial charge on any atom is 0.226 e. The first kappa shape index (κ1) is 15.6. The molecule has 0 radical (unpaired) electrons. The fourth-order valence-electron chi connectivity index (χ4n) is 3.40. The molecule has 3 heterocycles. The van der Waals surface area contributed by atoms with E-state index in [1.165, 1.54) is 0 Å². The van der Waals surface area contributed by atoms with Gasteiger partial charge in [0.05, 0.1) is 11.4 Å². The second-order valence-electron chi connectivity index (χ2n) is 6.61. The Labute approximate surface area is 146 Å². The van der Waals surface area contributed by atoms with Crippen LogP contribution in [0.5, 0.6) is 0 Å². The van der Waals surface area contributed by atoms with Crippen molar-refractivity contribution in [2.45, 2.75) is 32.1 Å². The average molecular weight is 332 g/mol. The Bertz CT molecular complexity index is 900. The quantitative estimate of drug-likeness (QED) is 0.792. The highest BCUT2D eigenvalue weighted by molar-refractivity contribution is 5.95. The summed E-state index contributed by atoms with van der Waals surface area (Å²) in [6, 6.07) is 15.7. The van der Waals surface area contributed by atoms with Gasteiger partial charge in [0.1, 0.15) is 5.82 Å². The van der Waals surface area contributed by atoms with Gasteiger partial charge in [0, 0.05) is 29.8 Å². The van der Waals surface area contributed by atoms with Crippen LogP contribution in [0.4, 0.5) is 5.82 Å². The van der Waals surface area contributed by atoms with Crippen molar-refractivity contribution in [3.63, 3.8) is 0 Å². The van der Waals surface area contributed by atoms with Crippen LogP contribution in [0.1, 0.15) is 49.1 Å². The molecule has 1 aromatic carbocycles. The van der Waals surface area contributed by atoms with Crippen LogP contribution in [0, 0.1) is 0 Å². The predicted molar refractivity (Wildman–Crippen MR) is 97.0 cm³/mol. The van der Waals surface area contributed by atoms with Crippen LogP contribution < -0.4 is 5.32 Å². The van der Waals surface area contributed by atoms with Crippen molar-refractivity contribution < 1.29 is 4.79 Å². The number of nitrogens with zero attached hydrogens (tertiary/aromatic N) is 3. The van der Waals surface area contributed by atoms with Crippen molar-refractivity contribution in [3.8, 4) is 5.69 Å². The Morgan fingerprint density at radius 3 is 2.56 bits per heavy atom. The number of fused-ring (bicyclic) bond motifs is 1. The third-order valence-corrected chi connectivity index (χ3v) is 4.54. The maximum absolute atomic E-state index is 12.4. The SMILES string of the molecule is CC(C)c1nn(-c2ccccc2)c2c1[C@H](c1ccccn1)CC(=O)N2. The molecule has 0 fully saturated rings. The minimum absolute atomic E-state index is 0.00413. The summed E-state index contributed by atoms with van der Waals surface area (Å²) in [5.41, 5.74) is 3.94. The lowest BCUT2D eigenvalue weighted by Crippen LogP contribution is -2.25. The number of amides is 1. The molecule has 1 aliphatic rings. The summed E-state index contributed by atoms with van der Waals surface area (Å²) < 4.78 is 1.84. The van der Waals surface area contributed by atoms with Crippen molar-refractivity contribution in [3.05, 3.63) is 71.7 Å². The molecule has 126 valence electrons. The second-order valence-corrected chi connectivity index (χ2v) is 6.61. The highest BCUT2D eigenvalue weighted by atomic mass is 16.1. The van der Waals surface area contributed by atoms with Crippen molar-refractivity contribution in [1.29, 1.82) is 0 Å². The van der Waals surface area contributed by atoms with Gasteiger partial charge < -0.3 is 5.32 Å². The molecular weight excluding hydrogens is 312 g/mol. The first-order valence-electron chi connectivity index (χ1n) is 8.54. The summed E-state index contributed by atoms with van der Waals surface area (Å²) in [5.74, 6) is 0.942. The summed E-state index contributed by atoms with van der Waals surface area (Å²) in [6.45, 7) is 4.26. The molecule has 0 unspecified atom stereocenters. The summed E-state index contributed by atoms with van der Waals surface area (Å²) in [6.07, 6.45) is 2.17. The van der Waals surface area contributed by atoms with Gasteiger partial charge in [-0.2, -0.15) is 5.10 Å². The fraction of sp³-hybridized carbons (Fsp3) is 0.250. The zero-order valence-corrected chi connectivity index (χ0v) is 14.3. The lowest BCUT2D eigenvalue weighted by molar-refractivity contribution is -0.116. The van der Waals surface area contributed by atoms with Crippen molar-refractivity contribution in [1.82, 2.24) is 14.8 Å². The van der Waals surface area contributed by atoms with Crippen LogP contribution in [0.3, 0.4) is 0 Å². The van der Waals surface area contributed by atoms with Gasteiger partial charge in [0.25, 0.3) is 0 Å². The van der Waals surface area contributed by atoms with Gasteiger partial charge in [-0.3, -0.25) is 9.78 Å². The number of carbonyl (C=O) groups excluding carboxylic acids is 1. The minimum atomic E-state index is -0.0696. The molecule has 4 rings (SSSR count). The van der Waals surface area contributed by atoms with E-state index in [1.807, 2.05) is 53.2 Å². The van der Waals surface area contributed by atoms with E-state index in [0.717, 1.165) is 28.5 Å². The largest absolute Gasteiger partial charge is 0.310 e. The fourth-order valence-corrected chi connectivity index (χ4v) is 3.40. The van der Waals surface area contributed by atoms with E-state index in [0.29, 0.717) is 6.42 Å². The monoisotopic (exact) mass is 332 g/mol. The number of carbonyl (C=O) groups is 1. The second kappa shape index (κ2) is 6.16. The number of benzene rings is 1. The number of anilines is 1. The summed E-state index contributed by atoms with van der Waals surface area (Å²) in [4.78, 5) is 16.9. The molecule has 25 heavy (non-hydrogen) atoms. The van der Waals surface area contributed by atoms with Gasteiger partial charge in [0.2, 0.25) is 5.91 Å². The van der Waals surface area contributed by atoms with E-state index in [4.69, 9.17) is 5.10 Å². The van der Waals surface area contributed by atoms with Crippen molar-refractivity contribution in [2.75, 3.05) is 5.32 Å². The van der Waals surface area contributed by atoms with Gasteiger partial charge in [0.15, 0.2) is 0 Å². The molecular formula is C20H20N4O. The minimum Gasteiger partial charge on any atom is -0.310 e. The number of aromatic nitrogens is 3. The number of para-hydroxylation sites is 1. The average Bonchev–Trinajstić information content (AvgIpc) is 3.02. The number of rotatable bonds is 3. The first-order chi connectivity index (χ1) is 12.1. The van der Waals surface area contributed by atoms with Crippen LogP contribution in [0.2, 0.25) is 0 Å². The van der Waals surface area contributed by atoms with E-state index < -0.39 is 0 Å². The number of nitrogens with one attached hydrogen (secondary N) is 1. The molecule has 1 amide bonds. The number of hydrogen-bond acceptors (Lipinski definition) is 3. The van der Waals surface area contributed by atoms with Crippen LogP contribution >= 0.6 is 0 Å². The third kappa shape index (κ3) is 2.71. The van der Waals surface area contributed by atoms with E-state index in [9.17, 15) is 4.79 Å². The Hall–Kier alpha value is -2.95. The topological polar surface area (TPSA) is 59.8 Å². The van der Waals surface area contributed by atoms with Gasteiger partial charge >= 0.3 is 0 Å². The molecule has 1 aliphatic heterocycles. The van der Waals surface area contributed by atoms with Crippen molar-refractivity contribution >= 4 is 11.7 Å². The Kier molecular flexibility index (Phi) is 3.84. The Balaban J connectivity index is 1.94. The first-order valence-corrected chi connectivity index (χ1v) is 8.54.